The Hall–Kier alpha value is -2.58. The van der Waals surface area contributed by atoms with Crippen molar-refractivity contribution in [1.82, 2.24) is 24.7 Å². The lowest BCUT2D eigenvalue weighted by Gasteiger charge is -2.13. The van der Waals surface area contributed by atoms with Gasteiger partial charge in [0.05, 0.1) is 30.9 Å². The van der Waals surface area contributed by atoms with Gasteiger partial charge in [-0.15, -0.1) is 0 Å². The van der Waals surface area contributed by atoms with Gasteiger partial charge in [-0.2, -0.15) is 0 Å². The Morgan fingerprint density at radius 2 is 2.32 bits per heavy atom. The third kappa shape index (κ3) is 3.31. The summed E-state index contributed by atoms with van der Waals surface area (Å²) in [6.45, 7) is 1.55. The van der Waals surface area contributed by atoms with Crippen molar-refractivity contribution in [2.45, 2.75) is 18.5 Å². The fourth-order valence-corrected chi connectivity index (χ4v) is 3.17. The third-order valence-electron chi connectivity index (χ3n) is 4.31. The first-order valence-electron chi connectivity index (χ1n) is 8.17. The molecule has 3 aromatic rings. The molecule has 0 radical (unpaired) electrons. The third-order valence-corrected chi connectivity index (χ3v) is 4.31. The molecule has 1 saturated heterocycles. The van der Waals surface area contributed by atoms with E-state index in [1.165, 1.54) is 12.1 Å². The number of imidazole rings is 1. The van der Waals surface area contributed by atoms with Crippen LogP contribution in [-0.2, 0) is 4.74 Å². The maximum absolute atomic E-state index is 13.3. The lowest BCUT2D eigenvalue weighted by molar-refractivity contribution is 0.173. The summed E-state index contributed by atoms with van der Waals surface area (Å²) in [5.41, 5.74) is 1.99. The second-order valence-corrected chi connectivity index (χ2v) is 6.14. The minimum absolute atomic E-state index is 0.279. The van der Waals surface area contributed by atoms with Crippen molar-refractivity contribution in [3.63, 3.8) is 0 Å². The number of fused-ring (bicyclic) bond motifs is 1. The Balaban J connectivity index is 1.55. The number of aromatic nitrogens is 4. The van der Waals surface area contributed by atoms with E-state index >= 15 is 0 Å². The Morgan fingerprint density at radius 3 is 3.20 bits per heavy atom. The topological polar surface area (TPSA) is 76.4 Å². The van der Waals surface area contributed by atoms with Crippen LogP contribution in [0, 0.1) is 5.82 Å². The molecule has 0 saturated carbocycles. The average Bonchev–Trinajstić information content (AvgIpc) is 3.22. The van der Waals surface area contributed by atoms with E-state index in [0.717, 1.165) is 18.7 Å². The number of pyridine rings is 1. The molecule has 1 fully saturated rings. The van der Waals surface area contributed by atoms with Crippen molar-refractivity contribution in [1.29, 1.82) is 0 Å². The zero-order valence-electron chi connectivity index (χ0n) is 13.8. The van der Waals surface area contributed by atoms with E-state index in [2.05, 4.69) is 25.6 Å². The van der Waals surface area contributed by atoms with Gasteiger partial charge in [-0.25, -0.2) is 14.4 Å². The van der Waals surface area contributed by atoms with E-state index in [0.29, 0.717) is 29.8 Å². The summed E-state index contributed by atoms with van der Waals surface area (Å²) in [5.74, 6) is 0.393. The highest BCUT2D eigenvalue weighted by molar-refractivity contribution is 5.60. The molecular weight excluding hydrogens is 323 g/mol. The minimum atomic E-state index is -0.314. The second-order valence-electron chi connectivity index (χ2n) is 6.14. The van der Waals surface area contributed by atoms with Gasteiger partial charge in [0.2, 0.25) is 0 Å². The van der Waals surface area contributed by atoms with E-state index in [9.17, 15) is 4.39 Å². The molecule has 0 aromatic carbocycles. The zero-order valence-corrected chi connectivity index (χ0v) is 13.8. The number of rotatable bonds is 5. The summed E-state index contributed by atoms with van der Waals surface area (Å²) in [6, 6.07) is 3.42. The van der Waals surface area contributed by atoms with Crippen molar-refractivity contribution >= 4 is 11.5 Å². The van der Waals surface area contributed by atoms with Gasteiger partial charge in [-0.3, -0.25) is 9.38 Å². The smallest absolute Gasteiger partial charge is 0.145 e. The zero-order chi connectivity index (χ0) is 17.2. The molecule has 1 aliphatic heterocycles. The molecule has 25 heavy (non-hydrogen) atoms. The van der Waals surface area contributed by atoms with Crippen LogP contribution in [0.5, 0.6) is 0 Å². The van der Waals surface area contributed by atoms with Gasteiger partial charge in [-0.1, -0.05) is 0 Å². The maximum atomic E-state index is 13.3. The fraction of sp³-hybridized carbons (Fsp3) is 0.353. The number of anilines is 1. The van der Waals surface area contributed by atoms with Crippen LogP contribution in [0.3, 0.4) is 0 Å². The van der Waals surface area contributed by atoms with Gasteiger partial charge in [0, 0.05) is 38.0 Å². The molecule has 0 spiro atoms. The number of halogens is 1. The van der Waals surface area contributed by atoms with Crippen molar-refractivity contribution < 1.29 is 9.13 Å². The number of nitrogens with one attached hydrogen (secondary N) is 2. The van der Waals surface area contributed by atoms with E-state index in [1.54, 1.807) is 36.3 Å². The molecule has 3 aromatic heterocycles. The summed E-state index contributed by atoms with van der Waals surface area (Å²) < 4.78 is 20.3. The Kier molecular flexibility index (Phi) is 4.29. The lowest BCUT2D eigenvalue weighted by Crippen LogP contribution is -2.26. The van der Waals surface area contributed by atoms with Crippen LogP contribution in [0.1, 0.15) is 6.42 Å². The van der Waals surface area contributed by atoms with Crippen LogP contribution in [0.15, 0.2) is 36.9 Å². The molecule has 0 amide bonds. The lowest BCUT2D eigenvalue weighted by atomic mass is 10.2. The normalized spacial score (nSPS) is 20.2. The number of ether oxygens (including phenoxy) is 1. The summed E-state index contributed by atoms with van der Waals surface area (Å²) in [4.78, 5) is 13.1. The molecule has 130 valence electrons. The van der Waals surface area contributed by atoms with E-state index in [-0.39, 0.29) is 11.9 Å². The molecule has 7 nitrogen and oxygen atoms in total. The predicted octanol–water partition coefficient (Wildman–Crippen LogP) is 1.72. The monoisotopic (exact) mass is 342 g/mol. The summed E-state index contributed by atoms with van der Waals surface area (Å²) >= 11 is 0. The molecule has 4 heterocycles. The number of nitrogens with zero attached hydrogens (tertiary/aromatic N) is 4. The van der Waals surface area contributed by atoms with Gasteiger partial charge < -0.3 is 15.4 Å². The standard InChI is InChI=1S/C17H19FN6O/c1-25-10-13-5-12(6-20-13)22-16-9-19-7-14(23-16)15-8-21-17-4-11(18)2-3-24(15)17/h2-4,7-9,12-13,20H,5-6,10H2,1H3,(H,22,23)/t12-,13+/m1/s1. The summed E-state index contributed by atoms with van der Waals surface area (Å²) in [5, 5.41) is 6.82. The van der Waals surface area contributed by atoms with Crippen molar-refractivity contribution in [2.75, 3.05) is 25.6 Å². The highest BCUT2D eigenvalue weighted by atomic mass is 19.1. The van der Waals surface area contributed by atoms with Crippen molar-refractivity contribution in [2.24, 2.45) is 0 Å². The predicted molar refractivity (Wildman–Crippen MR) is 91.9 cm³/mol. The fourth-order valence-electron chi connectivity index (χ4n) is 3.17. The SMILES string of the molecule is COC[C@@H]1C[C@@H](Nc2cncc(-c3cnc4cc(F)ccn34)n2)CN1. The quantitative estimate of drug-likeness (QED) is 0.735. The first-order chi connectivity index (χ1) is 12.2. The van der Waals surface area contributed by atoms with Crippen molar-refractivity contribution in [3.8, 4) is 11.4 Å². The van der Waals surface area contributed by atoms with Crippen LogP contribution in [0.4, 0.5) is 10.2 Å². The van der Waals surface area contributed by atoms with Gasteiger partial charge >= 0.3 is 0 Å². The van der Waals surface area contributed by atoms with Crippen LogP contribution >= 0.6 is 0 Å². The molecule has 0 unspecified atom stereocenters. The first kappa shape index (κ1) is 15.9. The molecule has 8 heteroatoms. The van der Waals surface area contributed by atoms with Crippen molar-refractivity contribution in [3.05, 3.63) is 42.7 Å². The maximum Gasteiger partial charge on any atom is 0.145 e. The second kappa shape index (κ2) is 6.73. The Morgan fingerprint density at radius 1 is 1.40 bits per heavy atom. The number of methoxy groups -OCH3 is 1. The average molecular weight is 342 g/mol. The molecule has 0 aliphatic carbocycles. The largest absolute Gasteiger partial charge is 0.383 e. The summed E-state index contributed by atoms with van der Waals surface area (Å²) in [7, 11) is 1.71. The minimum Gasteiger partial charge on any atom is -0.383 e. The van der Waals surface area contributed by atoms with E-state index < -0.39 is 0 Å². The molecule has 2 N–H and O–H groups in total. The van der Waals surface area contributed by atoms with Gasteiger partial charge in [0.25, 0.3) is 0 Å². The van der Waals surface area contributed by atoms with Crippen LogP contribution in [0.2, 0.25) is 0 Å². The molecule has 1 aliphatic rings. The van der Waals surface area contributed by atoms with Crippen LogP contribution < -0.4 is 10.6 Å². The van der Waals surface area contributed by atoms with Gasteiger partial charge in [0.15, 0.2) is 0 Å². The molecular formula is C17H19FN6O. The van der Waals surface area contributed by atoms with Gasteiger partial charge in [-0.05, 0) is 12.5 Å². The first-order valence-corrected chi connectivity index (χ1v) is 8.17. The number of hydrogen-bond acceptors (Lipinski definition) is 6. The highest BCUT2D eigenvalue weighted by Gasteiger charge is 2.24. The summed E-state index contributed by atoms with van der Waals surface area (Å²) in [6.07, 6.45) is 7.67. The van der Waals surface area contributed by atoms with Gasteiger partial charge in [0.1, 0.15) is 23.0 Å². The Labute approximate surface area is 144 Å². The molecule has 0 bridgehead atoms. The molecule has 4 rings (SSSR count). The van der Waals surface area contributed by atoms with Crippen LogP contribution in [-0.4, -0.2) is 51.7 Å². The van der Waals surface area contributed by atoms with Crippen LogP contribution in [0.25, 0.3) is 17.0 Å². The number of hydrogen-bond donors (Lipinski definition) is 2. The highest BCUT2D eigenvalue weighted by Crippen LogP contribution is 2.21. The van der Waals surface area contributed by atoms with E-state index in [4.69, 9.17) is 4.74 Å². The van der Waals surface area contributed by atoms with E-state index in [1.807, 2.05) is 0 Å². The molecule has 2 atom stereocenters. The Bertz CT molecular complexity index is 882.